The van der Waals surface area contributed by atoms with Gasteiger partial charge in [-0.3, -0.25) is 4.99 Å². The lowest BCUT2D eigenvalue weighted by Gasteiger charge is -2.04. The molecular weight excluding hydrogens is 166 g/mol. The van der Waals surface area contributed by atoms with Crippen molar-refractivity contribution in [2.75, 3.05) is 39.3 Å². The molecule has 0 unspecified atom stereocenters. The number of likely N-dealkylation sites (N-methyl/N-ethyl adjacent to an activating group) is 1. The molecule has 0 aromatic heterocycles. The van der Waals surface area contributed by atoms with Crippen molar-refractivity contribution in [3.63, 3.8) is 0 Å². The predicted octanol–water partition coefficient (Wildman–Crippen LogP) is 0.00430. The molecule has 4 heteroatoms. The fourth-order valence-electron chi connectivity index (χ4n) is 1.20. The third kappa shape index (κ3) is 4.85. The van der Waals surface area contributed by atoms with E-state index in [9.17, 15) is 0 Å². The minimum atomic E-state index is 0.771. The van der Waals surface area contributed by atoms with Crippen LogP contribution in [-0.2, 0) is 4.74 Å². The van der Waals surface area contributed by atoms with Crippen LogP contribution in [0.3, 0.4) is 0 Å². The van der Waals surface area contributed by atoms with E-state index in [-0.39, 0.29) is 0 Å². The molecule has 1 aliphatic heterocycles. The Morgan fingerprint density at radius 3 is 2.85 bits per heavy atom. The molecule has 0 radical (unpaired) electrons. The van der Waals surface area contributed by atoms with Crippen LogP contribution in [0.25, 0.3) is 0 Å². The molecule has 0 aromatic rings. The molecule has 0 bridgehead atoms. The first-order valence-corrected chi connectivity index (χ1v) is 5.01. The first-order chi connectivity index (χ1) is 6.43. The first-order valence-electron chi connectivity index (χ1n) is 5.01. The van der Waals surface area contributed by atoms with Crippen molar-refractivity contribution in [2.45, 2.75) is 13.3 Å². The molecule has 0 amide bonds. The van der Waals surface area contributed by atoms with Gasteiger partial charge in [0.25, 0.3) is 0 Å². The highest BCUT2D eigenvalue weighted by molar-refractivity contribution is 5.77. The Morgan fingerprint density at radius 1 is 1.31 bits per heavy atom. The monoisotopic (exact) mass is 185 g/mol. The zero-order chi connectivity index (χ0) is 9.36. The topological polar surface area (TPSA) is 45.7 Å². The Labute approximate surface area is 79.8 Å². The van der Waals surface area contributed by atoms with Crippen LogP contribution in [0.1, 0.15) is 13.3 Å². The molecule has 0 aromatic carbocycles. The van der Waals surface area contributed by atoms with E-state index in [0.29, 0.717) is 0 Å². The summed E-state index contributed by atoms with van der Waals surface area (Å²) in [5, 5.41) is 6.58. The van der Waals surface area contributed by atoms with E-state index in [4.69, 9.17) is 4.74 Å². The van der Waals surface area contributed by atoms with Crippen molar-refractivity contribution in [1.29, 1.82) is 0 Å². The summed E-state index contributed by atoms with van der Waals surface area (Å²) in [6.07, 6.45) is 0.923. The zero-order valence-corrected chi connectivity index (χ0v) is 8.31. The summed E-state index contributed by atoms with van der Waals surface area (Å²) in [5.74, 6) is 0.913. The van der Waals surface area contributed by atoms with Gasteiger partial charge in [-0.15, -0.1) is 0 Å². The average molecular weight is 185 g/mol. The molecule has 0 spiro atoms. The maximum atomic E-state index is 5.28. The fraction of sp³-hybridized carbons (Fsp3) is 0.889. The third-order valence-corrected chi connectivity index (χ3v) is 1.89. The van der Waals surface area contributed by atoms with Gasteiger partial charge in [0.05, 0.1) is 6.54 Å². The number of hydrogen-bond donors (Lipinski definition) is 2. The van der Waals surface area contributed by atoms with Crippen LogP contribution < -0.4 is 10.6 Å². The molecule has 76 valence electrons. The largest absolute Gasteiger partial charge is 0.479 e. The van der Waals surface area contributed by atoms with Gasteiger partial charge in [-0.1, -0.05) is 6.92 Å². The summed E-state index contributed by atoms with van der Waals surface area (Å²) in [6, 6.07) is 0. The van der Waals surface area contributed by atoms with Crippen molar-refractivity contribution in [2.24, 2.45) is 4.99 Å². The molecule has 4 nitrogen and oxygen atoms in total. The number of nitrogens with one attached hydrogen (secondary N) is 2. The van der Waals surface area contributed by atoms with E-state index in [1.165, 1.54) is 0 Å². The summed E-state index contributed by atoms with van der Waals surface area (Å²) in [7, 11) is 0. The van der Waals surface area contributed by atoms with Gasteiger partial charge in [-0.25, -0.2) is 0 Å². The van der Waals surface area contributed by atoms with Gasteiger partial charge in [0, 0.05) is 26.1 Å². The van der Waals surface area contributed by atoms with Crippen molar-refractivity contribution in [1.82, 2.24) is 10.6 Å². The van der Waals surface area contributed by atoms with Crippen LogP contribution in [0.15, 0.2) is 4.99 Å². The molecule has 0 atom stereocenters. The highest BCUT2D eigenvalue weighted by Crippen LogP contribution is 1.96. The third-order valence-electron chi connectivity index (χ3n) is 1.89. The van der Waals surface area contributed by atoms with Crippen LogP contribution >= 0.6 is 0 Å². The number of ether oxygens (including phenoxy) is 1. The number of aliphatic imine (C=N–C) groups is 1. The maximum absolute atomic E-state index is 5.28. The standard InChI is InChI=1S/C9H19N3O/c1-2-10-5-6-11-4-3-9-12-7-8-13-9/h10-11H,2-8H2,1H3. The number of rotatable bonds is 7. The van der Waals surface area contributed by atoms with Gasteiger partial charge in [-0.2, -0.15) is 0 Å². The summed E-state index contributed by atoms with van der Waals surface area (Å²) < 4.78 is 5.28. The van der Waals surface area contributed by atoms with Crippen LogP contribution in [0, 0.1) is 0 Å². The molecule has 1 heterocycles. The minimum absolute atomic E-state index is 0.771. The van der Waals surface area contributed by atoms with E-state index in [2.05, 4.69) is 22.5 Å². The zero-order valence-electron chi connectivity index (χ0n) is 8.31. The van der Waals surface area contributed by atoms with Crippen LogP contribution in [0.5, 0.6) is 0 Å². The van der Waals surface area contributed by atoms with Gasteiger partial charge in [-0.05, 0) is 6.54 Å². The second-order valence-electron chi connectivity index (χ2n) is 2.98. The Hall–Kier alpha value is -0.610. The van der Waals surface area contributed by atoms with Gasteiger partial charge < -0.3 is 15.4 Å². The van der Waals surface area contributed by atoms with Crippen LogP contribution in [0.4, 0.5) is 0 Å². The molecule has 0 saturated heterocycles. The molecule has 0 fully saturated rings. The van der Waals surface area contributed by atoms with E-state index in [0.717, 1.165) is 51.6 Å². The highest BCUT2D eigenvalue weighted by atomic mass is 16.5. The second kappa shape index (κ2) is 6.86. The SMILES string of the molecule is CCNCCNCCC1=NCCO1. The van der Waals surface area contributed by atoms with Crippen molar-refractivity contribution in [3.8, 4) is 0 Å². The number of hydrogen-bond acceptors (Lipinski definition) is 4. The molecule has 0 aliphatic carbocycles. The van der Waals surface area contributed by atoms with E-state index in [1.54, 1.807) is 0 Å². The minimum Gasteiger partial charge on any atom is -0.479 e. The quantitative estimate of drug-likeness (QED) is 0.549. The number of nitrogens with zero attached hydrogens (tertiary/aromatic N) is 1. The lowest BCUT2D eigenvalue weighted by Crippen LogP contribution is -2.28. The molecule has 0 saturated carbocycles. The summed E-state index contributed by atoms with van der Waals surface area (Å²) >= 11 is 0. The second-order valence-corrected chi connectivity index (χ2v) is 2.98. The lowest BCUT2D eigenvalue weighted by atomic mass is 10.4. The fourth-order valence-corrected chi connectivity index (χ4v) is 1.20. The Balaban J connectivity index is 1.83. The maximum Gasteiger partial charge on any atom is 0.184 e. The summed E-state index contributed by atoms with van der Waals surface area (Å²) in [4.78, 5) is 4.21. The van der Waals surface area contributed by atoms with Crippen molar-refractivity contribution < 1.29 is 4.74 Å². The van der Waals surface area contributed by atoms with E-state index >= 15 is 0 Å². The molecule has 13 heavy (non-hydrogen) atoms. The predicted molar refractivity (Wildman–Crippen MR) is 54.3 cm³/mol. The molecular formula is C9H19N3O. The van der Waals surface area contributed by atoms with Crippen molar-refractivity contribution in [3.05, 3.63) is 0 Å². The molecule has 1 rings (SSSR count). The van der Waals surface area contributed by atoms with Crippen LogP contribution in [0.2, 0.25) is 0 Å². The summed E-state index contributed by atoms with van der Waals surface area (Å²) in [5.41, 5.74) is 0. The van der Waals surface area contributed by atoms with Gasteiger partial charge in [0.2, 0.25) is 0 Å². The van der Waals surface area contributed by atoms with E-state index < -0.39 is 0 Å². The Bertz CT molecular complexity index is 159. The molecule has 2 N–H and O–H groups in total. The summed E-state index contributed by atoms with van der Waals surface area (Å²) in [6.45, 7) is 7.77. The normalized spacial score (nSPS) is 15.6. The van der Waals surface area contributed by atoms with Gasteiger partial charge in [0.15, 0.2) is 5.90 Å². The highest BCUT2D eigenvalue weighted by Gasteiger charge is 2.05. The van der Waals surface area contributed by atoms with Crippen molar-refractivity contribution >= 4 is 5.90 Å². The van der Waals surface area contributed by atoms with Gasteiger partial charge >= 0.3 is 0 Å². The lowest BCUT2D eigenvalue weighted by molar-refractivity contribution is 0.337. The first kappa shape index (κ1) is 10.5. The Kier molecular flexibility index (Phi) is 5.52. The Morgan fingerprint density at radius 2 is 2.15 bits per heavy atom. The average Bonchev–Trinajstić information content (AvgIpc) is 2.63. The smallest absolute Gasteiger partial charge is 0.184 e. The molecule has 1 aliphatic rings. The van der Waals surface area contributed by atoms with E-state index in [1.807, 2.05) is 0 Å². The van der Waals surface area contributed by atoms with Gasteiger partial charge in [0.1, 0.15) is 6.61 Å². The van der Waals surface area contributed by atoms with Crippen LogP contribution in [-0.4, -0.2) is 45.2 Å².